The zero-order chi connectivity index (χ0) is 10.3. The molecule has 2 unspecified atom stereocenters. The van der Waals surface area contributed by atoms with Crippen LogP contribution >= 0.6 is 0 Å². The van der Waals surface area contributed by atoms with Gasteiger partial charge in [-0.05, 0) is 19.4 Å². The molecule has 78 valence electrons. The predicted octanol–water partition coefficient (Wildman–Crippen LogP) is 1.57. The summed E-state index contributed by atoms with van der Waals surface area (Å²) in [5.41, 5.74) is 0. The maximum Gasteiger partial charge on any atom is 0.307 e. The van der Waals surface area contributed by atoms with E-state index in [4.69, 9.17) is 0 Å². The number of nitrogens with one attached hydrogen (secondary N) is 1. The van der Waals surface area contributed by atoms with Crippen molar-refractivity contribution in [1.29, 1.82) is 0 Å². The molecule has 1 N–H and O–H groups in total. The summed E-state index contributed by atoms with van der Waals surface area (Å²) in [6.07, 6.45) is 2.76. The fourth-order valence-electron chi connectivity index (χ4n) is 1.51. The van der Waals surface area contributed by atoms with Crippen LogP contribution in [0.3, 0.4) is 0 Å². The van der Waals surface area contributed by atoms with E-state index in [0.29, 0.717) is 12.3 Å². The Bertz CT molecular complexity index is 148. The number of hydrogen-bond donors (Lipinski definition) is 1. The molecule has 0 saturated heterocycles. The second kappa shape index (κ2) is 6.89. The number of esters is 1. The highest BCUT2D eigenvalue weighted by Gasteiger charge is 2.18. The minimum Gasteiger partial charge on any atom is -0.469 e. The van der Waals surface area contributed by atoms with E-state index >= 15 is 0 Å². The van der Waals surface area contributed by atoms with E-state index in [1.54, 1.807) is 0 Å². The van der Waals surface area contributed by atoms with E-state index in [2.05, 4.69) is 23.9 Å². The van der Waals surface area contributed by atoms with E-state index in [1.165, 1.54) is 7.11 Å². The summed E-state index contributed by atoms with van der Waals surface area (Å²) in [5.74, 6) is 0.386. The van der Waals surface area contributed by atoms with Crippen molar-refractivity contribution in [3.05, 3.63) is 0 Å². The molecule has 0 fully saturated rings. The van der Waals surface area contributed by atoms with Crippen LogP contribution < -0.4 is 5.32 Å². The standard InChI is InChI=1S/C10H21NO2/c1-5-6-8(2)9(11-3)7-10(12)13-4/h8-9,11H,5-7H2,1-4H3. The summed E-state index contributed by atoms with van der Waals surface area (Å²) in [5, 5.41) is 3.15. The number of carbonyl (C=O) groups excluding carboxylic acids is 1. The van der Waals surface area contributed by atoms with Gasteiger partial charge in [-0.15, -0.1) is 0 Å². The minimum atomic E-state index is -0.137. The normalized spacial score (nSPS) is 15.1. The molecule has 0 aliphatic carbocycles. The highest BCUT2D eigenvalue weighted by atomic mass is 16.5. The maximum atomic E-state index is 11.0. The van der Waals surface area contributed by atoms with Crippen molar-refractivity contribution in [1.82, 2.24) is 5.32 Å². The van der Waals surface area contributed by atoms with Crippen LogP contribution in [-0.2, 0) is 9.53 Å². The molecule has 0 amide bonds. The van der Waals surface area contributed by atoms with Crippen molar-refractivity contribution in [3.63, 3.8) is 0 Å². The fourth-order valence-corrected chi connectivity index (χ4v) is 1.51. The van der Waals surface area contributed by atoms with E-state index in [-0.39, 0.29) is 12.0 Å². The maximum absolute atomic E-state index is 11.0. The van der Waals surface area contributed by atoms with Gasteiger partial charge in [-0.2, -0.15) is 0 Å². The van der Waals surface area contributed by atoms with Crippen LogP contribution in [0, 0.1) is 5.92 Å². The van der Waals surface area contributed by atoms with Crippen LogP contribution in [-0.4, -0.2) is 26.2 Å². The second-order valence-corrected chi connectivity index (χ2v) is 3.44. The Labute approximate surface area is 80.8 Å². The summed E-state index contributed by atoms with van der Waals surface area (Å²) >= 11 is 0. The Morgan fingerprint density at radius 1 is 1.54 bits per heavy atom. The average Bonchev–Trinajstić information content (AvgIpc) is 2.14. The number of carbonyl (C=O) groups is 1. The van der Waals surface area contributed by atoms with E-state index < -0.39 is 0 Å². The summed E-state index contributed by atoms with van der Waals surface area (Å²) in [4.78, 5) is 11.0. The van der Waals surface area contributed by atoms with Crippen LogP contribution in [0.1, 0.15) is 33.1 Å². The molecule has 0 aliphatic heterocycles. The Hall–Kier alpha value is -0.570. The Balaban J connectivity index is 3.93. The lowest BCUT2D eigenvalue weighted by Crippen LogP contribution is -2.34. The lowest BCUT2D eigenvalue weighted by Gasteiger charge is -2.21. The molecule has 0 aromatic heterocycles. The monoisotopic (exact) mass is 187 g/mol. The molecule has 0 heterocycles. The van der Waals surface area contributed by atoms with Crippen molar-refractivity contribution < 1.29 is 9.53 Å². The molecule has 0 aromatic carbocycles. The first-order valence-corrected chi connectivity index (χ1v) is 4.89. The molecule has 3 nitrogen and oxygen atoms in total. The predicted molar refractivity (Wildman–Crippen MR) is 53.6 cm³/mol. The molecule has 2 atom stereocenters. The molecule has 0 saturated carbocycles. The van der Waals surface area contributed by atoms with Gasteiger partial charge in [-0.25, -0.2) is 0 Å². The van der Waals surface area contributed by atoms with Crippen molar-refractivity contribution in [2.24, 2.45) is 5.92 Å². The van der Waals surface area contributed by atoms with Crippen molar-refractivity contribution >= 4 is 5.97 Å². The van der Waals surface area contributed by atoms with E-state index in [1.807, 2.05) is 7.05 Å². The van der Waals surface area contributed by atoms with Crippen LogP contribution in [0.2, 0.25) is 0 Å². The fraction of sp³-hybridized carbons (Fsp3) is 0.900. The molecule has 0 radical (unpaired) electrons. The third-order valence-corrected chi connectivity index (χ3v) is 2.42. The number of methoxy groups -OCH3 is 1. The first kappa shape index (κ1) is 12.4. The number of rotatable bonds is 6. The minimum absolute atomic E-state index is 0.137. The van der Waals surface area contributed by atoms with Gasteiger partial charge in [0, 0.05) is 6.04 Å². The van der Waals surface area contributed by atoms with E-state index in [9.17, 15) is 4.79 Å². The van der Waals surface area contributed by atoms with Crippen LogP contribution in [0.15, 0.2) is 0 Å². The molecule has 0 aromatic rings. The molecule has 3 heteroatoms. The van der Waals surface area contributed by atoms with Gasteiger partial charge in [-0.1, -0.05) is 20.3 Å². The smallest absolute Gasteiger partial charge is 0.307 e. The quantitative estimate of drug-likeness (QED) is 0.641. The second-order valence-electron chi connectivity index (χ2n) is 3.44. The van der Waals surface area contributed by atoms with Gasteiger partial charge < -0.3 is 10.1 Å². The topological polar surface area (TPSA) is 38.3 Å². The molecular formula is C10H21NO2. The molecule has 0 aliphatic rings. The molecule has 13 heavy (non-hydrogen) atoms. The van der Waals surface area contributed by atoms with Crippen LogP contribution in [0.5, 0.6) is 0 Å². The molecule has 0 rings (SSSR count). The summed E-state index contributed by atoms with van der Waals surface area (Å²) in [7, 11) is 3.32. The van der Waals surface area contributed by atoms with Gasteiger partial charge >= 0.3 is 5.97 Å². The van der Waals surface area contributed by atoms with Gasteiger partial charge in [0.2, 0.25) is 0 Å². The molecule has 0 bridgehead atoms. The summed E-state index contributed by atoms with van der Waals surface area (Å²) in [6, 6.07) is 0.243. The van der Waals surface area contributed by atoms with Gasteiger partial charge in [0.15, 0.2) is 0 Å². The third kappa shape index (κ3) is 4.88. The zero-order valence-corrected chi connectivity index (χ0v) is 9.09. The van der Waals surface area contributed by atoms with Gasteiger partial charge in [0.05, 0.1) is 13.5 Å². The zero-order valence-electron chi connectivity index (χ0n) is 9.09. The van der Waals surface area contributed by atoms with Crippen molar-refractivity contribution in [3.8, 4) is 0 Å². The first-order valence-electron chi connectivity index (χ1n) is 4.89. The lowest BCUT2D eigenvalue weighted by atomic mass is 9.94. The Morgan fingerprint density at radius 2 is 2.15 bits per heavy atom. The van der Waals surface area contributed by atoms with Crippen molar-refractivity contribution in [2.75, 3.05) is 14.2 Å². The number of hydrogen-bond acceptors (Lipinski definition) is 3. The van der Waals surface area contributed by atoms with Crippen LogP contribution in [0.4, 0.5) is 0 Å². The first-order chi connectivity index (χ1) is 6.15. The largest absolute Gasteiger partial charge is 0.469 e. The van der Waals surface area contributed by atoms with Gasteiger partial charge in [0.1, 0.15) is 0 Å². The average molecular weight is 187 g/mol. The highest BCUT2D eigenvalue weighted by Crippen LogP contribution is 2.13. The molecule has 0 spiro atoms. The van der Waals surface area contributed by atoms with Gasteiger partial charge in [0.25, 0.3) is 0 Å². The highest BCUT2D eigenvalue weighted by molar-refractivity contribution is 5.69. The SMILES string of the molecule is CCCC(C)C(CC(=O)OC)NC. The third-order valence-electron chi connectivity index (χ3n) is 2.42. The summed E-state index contributed by atoms with van der Waals surface area (Å²) in [6.45, 7) is 4.31. The van der Waals surface area contributed by atoms with Gasteiger partial charge in [-0.3, -0.25) is 4.79 Å². The molecular weight excluding hydrogens is 166 g/mol. The summed E-state index contributed by atoms with van der Waals surface area (Å²) < 4.78 is 4.63. The lowest BCUT2D eigenvalue weighted by molar-refractivity contribution is -0.141. The Morgan fingerprint density at radius 3 is 2.54 bits per heavy atom. The van der Waals surface area contributed by atoms with Crippen molar-refractivity contribution in [2.45, 2.75) is 39.2 Å². The number of ether oxygens (including phenoxy) is 1. The van der Waals surface area contributed by atoms with E-state index in [0.717, 1.165) is 12.8 Å². The Kier molecular flexibility index (Phi) is 6.59. The van der Waals surface area contributed by atoms with Crippen LogP contribution in [0.25, 0.3) is 0 Å².